The molecule has 3 N–H and O–H groups in total. The van der Waals surface area contributed by atoms with Crippen molar-refractivity contribution in [3.05, 3.63) is 66.0 Å². The van der Waals surface area contributed by atoms with Crippen LogP contribution < -0.4 is 11.1 Å². The Bertz CT molecular complexity index is 965. The van der Waals surface area contributed by atoms with E-state index in [1.165, 1.54) is 0 Å². The summed E-state index contributed by atoms with van der Waals surface area (Å²) in [7, 11) is 0. The summed E-state index contributed by atoms with van der Waals surface area (Å²) >= 11 is 0. The van der Waals surface area contributed by atoms with Gasteiger partial charge in [0.25, 0.3) is 0 Å². The molecule has 0 radical (unpaired) electrons. The van der Waals surface area contributed by atoms with Gasteiger partial charge in [0.05, 0.1) is 11.3 Å². The van der Waals surface area contributed by atoms with Gasteiger partial charge in [-0.3, -0.25) is 0 Å². The van der Waals surface area contributed by atoms with Crippen molar-refractivity contribution in [3.8, 4) is 22.4 Å². The number of alkyl halides is 3. The fraction of sp³-hybridized carbons (Fsp3) is 0.238. The van der Waals surface area contributed by atoms with Crippen LogP contribution in [0.3, 0.4) is 0 Å². The molecule has 3 aromatic rings. The molecule has 0 amide bonds. The van der Waals surface area contributed by atoms with Gasteiger partial charge in [-0.05, 0) is 24.0 Å². The molecule has 1 heterocycles. The molecule has 1 fully saturated rings. The number of hydrogen-bond donors (Lipinski definition) is 2. The minimum Gasteiger partial charge on any atom is -0.367 e. The lowest BCUT2D eigenvalue weighted by atomic mass is 9.98. The summed E-state index contributed by atoms with van der Waals surface area (Å²) in [6.45, 7) is 0.359. The summed E-state index contributed by atoms with van der Waals surface area (Å²) in [4.78, 5) is 7.78. The van der Waals surface area contributed by atoms with Crippen LogP contribution >= 0.6 is 0 Å². The average molecular weight is 384 g/mol. The number of rotatable bonds is 5. The van der Waals surface area contributed by atoms with Crippen LogP contribution in [0.2, 0.25) is 0 Å². The first kappa shape index (κ1) is 18.4. The summed E-state index contributed by atoms with van der Waals surface area (Å²) in [5, 5.41) is 3.16. The van der Waals surface area contributed by atoms with Gasteiger partial charge in [-0.25, -0.2) is 9.97 Å². The Kier molecular flexibility index (Phi) is 4.77. The number of aromatic nitrogens is 2. The van der Waals surface area contributed by atoms with E-state index >= 15 is 0 Å². The SMILES string of the molecule is NCc1ccc(-c2nc(C(F)(F)F)nc(NC3CC3)c2-c2ccccc2)cc1. The van der Waals surface area contributed by atoms with Crippen LogP contribution in [-0.2, 0) is 12.7 Å². The molecule has 1 aliphatic carbocycles. The summed E-state index contributed by atoms with van der Waals surface area (Å²) in [5.41, 5.74) is 8.70. The minimum absolute atomic E-state index is 0.144. The van der Waals surface area contributed by atoms with Crippen LogP contribution in [-0.4, -0.2) is 16.0 Å². The molecule has 0 aliphatic heterocycles. The molecule has 7 heteroatoms. The van der Waals surface area contributed by atoms with E-state index in [4.69, 9.17) is 5.73 Å². The fourth-order valence-electron chi connectivity index (χ4n) is 3.00. The van der Waals surface area contributed by atoms with Crippen LogP contribution in [0.5, 0.6) is 0 Å². The maximum atomic E-state index is 13.5. The monoisotopic (exact) mass is 384 g/mol. The standard InChI is InChI=1S/C21H19F3N4/c22-21(23,24)20-27-18(15-8-6-13(12-25)7-9-15)17(14-4-2-1-3-5-14)19(28-20)26-16-10-11-16/h1-9,16H,10-12,25H2,(H,26,27,28). The second-order valence-electron chi connectivity index (χ2n) is 6.80. The Morgan fingerprint density at radius 1 is 0.929 bits per heavy atom. The molecule has 0 unspecified atom stereocenters. The van der Waals surface area contributed by atoms with Crippen molar-refractivity contribution in [2.24, 2.45) is 5.73 Å². The van der Waals surface area contributed by atoms with Gasteiger partial charge < -0.3 is 11.1 Å². The van der Waals surface area contributed by atoms with Crippen LogP contribution in [0.4, 0.5) is 19.0 Å². The van der Waals surface area contributed by atoms with Gasteiger partial charge in [0.1, 0.15) is 5.82 Å². The third-order valence-electron chi connectivity index (χ3n) is 4.61. The zero-order valence-electron chi connectivity index (χ0n) is 15.0. The van der Waals surface area contributed by atoms with E-state index in [1.54, 1.807) is 24.3 Å². The predicted octanol–water partition coefficient (Wildman–Crippen LogP) is 4.86. The highest BCUT2D eigenvalue weighted by Crippen LogP contribution is 2.40. The highest BCUT2D eigenvalue weighted by atomic mass is 19.4. The summed E-state index contributed by atoms with van der Waals surface area (Å²) in [6.07, 6.45) is -2.80. The largest absolute Gasteiger partial charge is 0.451 e. The third-order valence-corrected chi connectivity index (χ3v) is 4.61. The van der Waals surface area contributed by atoms with Crippen LogP contribution in [0.25, 0.3) is 22.4 Å². The predicted molar refractivity (Wildman–Crippen MR) is 102 cm³/mol. The van der Waals surface area contributed by atoms with Gasteiger partial charge in [0.15, 0.2) is 0 Å². The highest BCUT2D eigenvalue weighted by Gasteiger charge is 2.37. The second-order valence-corrected chi connectivity index (χ2v) is 6.80. The van der Waals surface area contributed by atoms with Crippen molar-refractivity contribution in [1.29, 1.82) is 0 Å². The highest BCUT2D eigenvalue weighted by molar-refractivity contribution is 5.88. The van der Waals surface area contributed by atoms with Crippen molar-refractivity contribution < 1.29 is 13.2 Å². The van der Waals surface area contributed by atoms with Crippen molar-refractivity contribution in [1.82, 2.24) is 9.97 Å². The first-order chi connectivity index (χ1) is 13.5. The molecular formula is C21H19F3N4. The molecule has 0 spiro atoms. The van der Waals surface area contributed by atoms with Crippen molar-refractivity contribution in [3.63, 3.8) is 0 Å². The summed E-state index contributed by atoms with van der Waals surface area (Å²) in [6, 6.07) is 16.5. The maximum absolute atomic E-state index is 13.5. The minimum atomic E-state index is -4.64. The smallest absolute Gasteiger partial charge is 0.367 e. The third kappa shape index (κ3) is 3.84. The second kappa shape index (κ2) is 7.24. The number of hydrogen-bond acceptors (Lipinski definition) is 4. The maximum Gasteiger partial charge on any atom is 0.451 e. The van der Waals surface area contributed by atoms with E-state index in [0.717, 1.165) is 24.0 Å². The molecule has 4 nitrogen and oxygen atoms in total. The molecule has 0 atom stereocenters. The van der Waals surface area contributed by atoms with Crippen molar-refractivity contribution in [2.45, 2.75) is 31.6 Å². The Morgan fingerprint density at radius 2 is 1.61 bits per heavy atom. The molecule has 28 heavy (non-hydrogen) atoms. The zero-order chi connectivity index (χ0) is 19.7. The Morgan fingerprint density at radius 3 is 2.18 bits per heavy atom. The van der Waals surface area contributed by atoms with Crippen LogP contribution in [0, 0.1) is 0 Å². The lowest BCUT2D eigenvalue weighted by Gasteiger charge is -2.18. The molecule has 0 bridgehead atoms. The van der Waals surface area contributed by atoms with E-state index in [2.05, 4.69) is 15.3 Å². The Labute approximate surface area is 160 Å². The zero-order valence-corrected chi connectivity index (χ0v) is 15.0. The topological polar surface area (TPSA) is 63.8 Å². The Hall–Kier alpha value is -2.93. The van der Waals surface area contributed by atoms with E-state index in [9.17, 15) is 13.2 Å². The molecule has 0 saturated heterocycles. The average Bonchev–Trinajstić information content (AvgIpc) is 3.51. The lowest BCUT2D eigenvalue weighted by molar-refractivity contribution is -0.144. The molecule has 144 valence electrons. The lowest BCUT2D eigenvalue weighted by Crippen LogP contribution is -2.16. The van der Waals surface area contributed by atoms with Crippen LogP contribution in [0.1, 0.15) is 24.2 Å². The number of anilines is 1. The van der Waals surface area contributed by atoms with Gasteiger partial charge >= 0.3 is 6.18 Å². The Balaban J connectivity index is 1.96. The molecule has 2 aromatic carbocycles. The van der Waals surface area contributed by atoms with Gasteiger partial charge in [0, 0.05) is 18.2 Å². The summed E-state index contributed by atoms with van der Waals surface area (Å²) in [5.74, 6) is -0.929. The van der Waals surface area contributed by atoms with E-state index in [-0.39, 0.29) is 17.6 Å². The molecule has 1 aliphatic rings. The fourth-order valence-corrected chi connectivity index (χ4v) is 3.00. The van der Waals surface area contributed by atoms with E-state index in [0.29, 0.717) is 17.7 Å². The normalized spacial score (nSPS) is 14.1. The van der Waals surface area contributed by atoms with Crippen LogP contribution in [0.15, 0.2) is 54.6 Å². The number of benzene rings is 2. The molecule has 4 rings (SSSR count). The van der Waals surface area contributed by atoms with Crippen molar-refractivity contribution >= 4 is 5.82 Å². The van der Waals surface area contributed by atoms with Gasteiger partial charge in [-0.15, -0.1) is 0 Å². The molecular weight excluding hydrogens is 365 g/mol. The van der Waals surface area contributed by atoms with E-state index < -0.39 is 12.0 Å². The summed E-state index contributed by atoms with van der Waals surface area (Å²) < 4.78 is 40.5. The quantitative estimate of drug-likeness (QED) is 0.659. The van der Waals surface area contributed by atoms with E-state index in [1.807, 2.05) is 30.3 Å². The number of nitrogens with one attached hydrogen (secondary N) is 1. The van der Waals surface area contributed by atoms with Gasteiger partial charge in [-0.2, -0.15) is 13.2 Å². The number of nitrogens with zero attached hydrogens (tertiary/aromatic N) is 2. The van der Waals surface area contributed by atoms with Crippen molar-refractivity contribution in [2.75, 3.05) is 5.32 Å². The number of nitrogens with two attached hydrogens (primary N) is 1. The molecule has 1 aromatic heterocycles. The van der Waals surface area contributed by atoms with Gasteiger partial charge in [-0.1, -0.05) is 54.6 Å². The number of halogens is 3. The van der Waals surface area contributed by atoms with Gasteiger partial charge in [0.2, 0.25) is 5.82 Å². The molecule has 1 saturated carbocycles. The first-order valence-corrected chi connectivity index (χ1v) is 9.06. The first-order valence-electron chi connectivity index (χ1n) is 9.06.